The van der Waals surface area contributed by atoms with Gasteiger partial charge < -0.3 is 5.32 Å². The van der Waals surface area contributed by atoms with E-state index >= 15 is 0 Å². The lowest BCUT2D eigenvalue weighted by Crippen LogP contribution is -1.99. The number of anilines is 1. The zero-order valence-corrected chi connectivity index (χ0v) is 10.3. The largest absolute Gasteiger partial charge is 0.381 e. The van der Waals surface area contributed by atoms with E-state index in [1.54, 1.807) is 22.3 Å². The van der Waals surface area contributed by atoms with E-state index in [1.807, 2.05) is 24.3 Å². The summed E-state index contributed by atoms with van der Waals surface area (Å²) in [6.45, 7) is 0.841. The Hall–Kier alpha value is -2.21. The van der Waals surface area contributed by atoms with Gasteiger partial charge in [-0.2, -0.15) is 11.3 Å². The fourth-order valence-electron chi connectivity index (χ4n) is 1.61. The first-order valence-corrected chi connectivity index (χ1v) is 6.44. The van der Waals surface area contributed by atoms with E-state index in [9.17, 15) is 0 Å². The summed E-state index contributed by atoms with van der Waals surface area (Å²) in [5.74, 6) is 0. The van der Waals surface area contributed by atoms with Crippen LogP contribution in [0.25, 0.3) is 5.69 Å². The minimum absolute atomic E-state index is 0.841. The van der Waals surface area contributed by atoms with Crippen molar-refractivity contribution < 1.29 is 0 Å². The minimum atomic E-state index is 0.841. The molecule has 90 valence electrons. The third kappa shape index (κ3) is 2.38. The number of thiophene rings is 1. The molecule has 0 unspecified atom stereocenters. The van der Waals surface area contributed by atoms with Crippen LogP contribution in [0, 0.1) is 0 Å². The third-order valence-electron chi connectivity index (χ3n) is 2.56. The maximum Gasteiger partial charge on any atom is 0.143 e. The van der Waals surface area contributed by atoms with E-state index in [1.165, 1.54) is 5.56 Å². The molecule has 0 amide bonds. The molecule has 5 nitrogen and oxygen atoms in total. The lowest BCUT2D eigenvalue weighted by molar-refractivity contribution is 0.789. The third-order valence-corrected chi connectivity index (χ3v) is 3.29. The Morgan fingerprint density at radius 2 is 2.06 bits per heavy atom. The Morgan fingerprint density at radius 3 is 2.72 bits per heavy atom. The molecule has 3 aromatic rings. The van der Waals surface area contributed by atoms with Crippen LogP contribution in [0.2, 0.25) is 0 Å². The van der Waals surface area contributed by atoms with Crippen molar-refractivity contribution in [3.8, 4) is 5.69 Å². The van der Waals surface area contributed by atoms with Crippen molar-refractivity contribution in [1.82, 2.24) is 20.2 Å². The molecule has 0 atom stereocenters. The molecule has 0 saturated carbocycles. The highest BCUT2D eigenvalue weighted by Crippen LogP contribution is 2.14. The molecular weight excluding hydrogens is 246 g/mol. The van der Waals surface area contributed by atoms with Gasteiger partial charge in [0.2, 0.25) is 0 Å². The van der Waals surface area contributed by atoms with Gasteiger partial charge >= 0.3 is 0 Å². The Kier molecular flexibility index (Phi) is 3.01. The van der Waals surface area contributed by atoms with Crippen molar-refractivity contribution in [2.45, 2.75) is 6.54 Å². The van der Waals surface area contributed by atoms with Gasteiger partial charge in [-0.15, -0.1) is 5.10 Å². The number of nitrogens with zero attached hydrogens (tertiary/aromatic N) is 4. The molecule has 0 fully saturated rings. The van der Waals surface area contributed by atoms with Crippen molar-refractivity contribution in [2.75, 3.05) is 5.32 Å². The summed E-state index contributed by atoms with van der Waals surface area (Å²) in [5, 5.41) is 18.6. The van der Waals surface area contributed by atoms with E-state index in [0.717, 1.165) is 17.9 Å². The summed E-state index contributed by atoms with van der Waals surface area (Å²) < 4.78 is 1.63. The maximum atomic E-state index is 3.84. The Morgan fingerprint density at radius 1 is 1.17 bits per heavy atom. The second kappa shape index (κ2) is 4.97. The zero-order valence-electron chi connectivity index (χ0n) is 9.52. The number of nitrogens with one attached hydrogen (secondary N) is 1. The smallest absolute Gasteiger partial charge is 0.143 e. The normalized spacial score (nSPS) is 10.4. The average Bonchev–Trinajstić information content (AvgIpc) is 3.10. The number of benzene rings is 1. The molecule has 2 aromatic heterocycles. The molecule has 1 N–H and O–H groups in total. The molecule has 0 aliphatic rings. The van der Waals surface area contributed by atoms with Crippen molar-refractivity contribution in [3.63, 3.8) is 0 Å². The summed E-state index contributed by atoms with van der Waals surface area (Å²) in [4.78, 5) is 0. The Balaban J connectivity index is 1.68. The van der Waals surface area contributed by atoms with Crippen LogP contribution in [0.4, 0.5) is 5.69 Å². The summed E-state index contributed by atoms with van der Waals surface area (Å²) in [6.07, 6.45) is 1.58. The fourth-order valence-corrected chi connectivity index (χ4v) is 2.28. The van der Waals surface area contributed by atoms with Crippen molar-refractivity contribution in [1.29, 1.82) is 0 Å². The molecule has 0 aliphatic heterocycles. The predicted octanol–water partition coefficient (Wildman–Crippen LogP) is 2.34. The van der Waals surface area contributed by atoms with Crippen LogP contribution >= 0.6 is 11.3 Å². The van der Waals surface area contributed by atoms with Crippen LogP contribution in [-0.4, -0.2) is 20.2 Å². The van der Waals surface area contributed by atoms with Gasteiger partial charge in [0.05, 0.1) is 5.69 Å². The average molecular weight is 257 g/mol. The SMILES string of the molecule is c1cc(CNc2ccc(-n3cnnn3)cc2)cs1. The molecule has 6 heteroatoms. The predicted molar refractivity (Wildman–Crippen MR) is 70.8 cm³/mol. The minimum Gasteiger partial charge on any atom is -0.381 e. The molecule has 3 rings (SSSR count). The van der Waals surface area contributed by atoms with Gasteiger partial charge in [-0.1, -0.05) is 0 Å². The van der Waals surface area contributed by atoms with Crippen molar-refractivity contribution >= 4 is 17.0 Å². The van der Waals surface area contributed by atoms with Crippen LogP contribution in [0.5, 0.6) is 0 Å². The topological polar surface area (TPSA) is 55.6 Å². The molecule has 0 aliphatic carbocycles. The van der Waals surface area contributed by atoms with E-state index < -0.39 is 0 Å². The second-order valence-electron chi connectivity index (χ2n) is 3.79. The van der Waals surface area contributed by atoms with Gasteiger partial charge in [0.15, 0.2) is 0 Å². The van der Waals surface area contributed by atoms with Crippen LogP contribution in [0.3, 0.4) is 0 Å². The van der Waals surface area contributed by atoms with Gasteiger partial charge in [-0.05, 0) is 57.1 Å². The van der Waals surface area contributed by atoms with E-state index in [2.05, 4.69) is 37.7 Å². The highest BCUT2D eigenvalue weighted by Gasteiger charge is 1.98. The lowest BCUT2D eigenvalue weighted by atomic mass is 10.2. The highest BCUT2D eigenvalue weighted by atomic mass is 32.1. The molecule has 2 heterocycles. The molecular formula is C12H11N5S. The van der Waals surface area contributed by atoms with Gasteiger partial charge in [-0.3, -0.25) is 0 Å². The molecule has 0 spiro atoms. The quantitative estimate of drug-likeness (QED) is 0.779. The first kappa shape index (κ1) is 10.9. The highest BCUT2D eigenvalue weighted by molar-refractivity contribution is 7.07. The summed E-state index contributed by atoms with van der Waals surface area (Å²) in [6, 6.07) is 10.1. The second-order valence-corrected chi connectivity index (χ2v) is 4.57. The van der Waals surface area contributed by atoms with Gasteiger partial charge in [-0.25, -0.2) is 4.68 Å². The van der Waals surface area contributed by atoms with Gasteiger partial charge in [0.25, 0.3) is 0 Å². The maximum absolute atomic E-state index is 3.84. The molecule has 1 aromatic carbocycles. The molecule has 0 saturated heterocycles. The molecule has 18 heavy (non-hydrogen) atoms. The van der Waals surface area contributed by atoms with E-state index in [0.29, 0.717) is 0 Å². The van der Waals surface area contributed by atoms with Crippen molar-refractivity contribution in [3.05, 3.63) is 53.0 Å². The number of rotatable bonds is 4. The number of hydrogen-bond donors (Lipinski definition) is 1. The van der Waals surface area contributed by atoms with Crippen molar-refractivity contribution in [2.24, 2.45) is 0 Å². The Bertz CT molecular complexity index is 586. The van der Waals surface area contributed by atoms with Gasteiger partial charge in [0.1, 0.15) is 6.33 Å². The van der Waals surface area contributed by atoms with Crippen LogP contribution in [-0.2, 0) is 6.54 Å². The molecule has 0 radical (unpaired) electrons. The summed E-state index contributed by atoms with van der Waals surface area (Å²) >= 11 is 1.71. The van der Waals surface area contributed by atoms with E-state index in [-0.39, 0.29) is 0 Å². The Labute approximate surface area is 108 Å². The first-order chi connectivity index (χ1) is 8.92. The standard InChI is InChI=1S/C12H11N5S/c1-3-12(17-9-14-15-16-17)4-2-11(1)13-7-10-5-6-18-8-10/h1-6,8-9,13H,7H2. The summed E-state index contributed by atoms with van der Waals surface area (Å²) in [7, 11) is 0. The number of tetrazole rings is 1. The van der Waals surface area contributed by atoms with Crippen LogP contribution in [0.1, 0.15) is 5.56 Å². The number of hydrogen-bond acceptors (Lipinski definition) is 5. The first-order valence-electron chi connectivity index (χ1n) is 5.50. The molecule has 0 bridgehead atoms. The van der Waals surface area contributed by atoms with E-state index in [4.69, 9.17) is 0 Å². The number of aromatic nitrogens is 4. The van der Waals surface area contributed by atoms with Crippen LogP contribution in [0.15, 0.2) is 47.4 Å². The van der Waals surface area contributed by atoms with Gasteiger partial charge in [0, 0.05) is 12.2 Å². The summed E-state index contributed by atoms with van der Waals surface area (Å²) in [5.41, 5.74) is 3.32. The van der Waals surface area contributed by atoms with Crippen LogP contribution < -0.4 is 5.32 Å². The zero-order chi connectivity index (χ0) is 12.2. The fraction of sp³-hybridized carbons (Fsp3) is 0.0833. The lowest BCUT2D eigenvalue weighted by Gasteiger charge is -2.06. The monoisotopic (exact) mass is 257 g/mol.